The molecule has 0 saturated heterocycles. The molecule has 0 radical (unpaired) electrons. The predicted molar refractivity (Wildman–Crippen MR) is 126 cm³/mol. The number of fused-ring (bicyclic) bond motifs is 1. The van der Waals surface area contributed by atoms with Crippen molar-refractivity contribution >= 4 is 5.57 Å². The van der Waals surface area contributed by atoms with Gasteiger partial charge in [0.25, 0.3) is 5.56 Å². The molecule has 0 aliphatic carbocycles. The van der Waals surface area contributed by atoms with Crippen molar-refractivity contribution in [1.82, 2.24) is 9.47 Å². The van der Waals surface area contributed by atoms with Crippen LogP contribution in [-0.2, 0) is 26.1 Å². The van der Waals surface area contributed by atoms with E-state index < -0.39 is 0 Å². The molecule has 32 heavy (non-hydrogen) atoms. The van der Waals surface area contributed by atoms with E-state index in [2.05, 4.69) is 43.5 Å². The normalized spacial score (nSPS) is 13.8. The van der Waals surface area contributed by atoms with Crippen molar-refractivity contribution in [3.05, 3.63) is 106 Å². The number of hydrogen-bond donors (Lipinski definition) is 0. The zero-order valence-corrected chi connectivity index (χ0v) is 18.7. The average molecular weight is 433 g/mol. The fourth-order valence-electron chi connectivity index (χ4n) is 3.99. The summed E-state index contributed by atoms with van der Waals surface area (Å²) in [5, 5.41) is 0. The highest BCUT2D eigenvalue weighted by atomic mass is 19.1. The van der Waals surface area contributed by atoms with Crippen LogP contribution < -0.4 is 10.3 Å². The van der Waals surface area contributed by atoms with Crippen LogP contribution in [-0.4, -0.2) is 22.1 Å². The number of benzene rings is 2. The van der Waals surface area contributed by atoms with E-state index in [1.165, 1.54) is 29.3 Å². The maximum Gasteiger partial charge on any atom is 0.254 e. The summed E-state index contributed by atoms with van der Waals surface area (Å²) in [6, 6.07) is 16.4. The number of ether oxygens (including phenoxy) is 1. The minimum absolute atomic E-state index is 0.147. The minimum Gasteiger partial charge on any atom is -0.489 e. The smallest absolute Gasteiger partial charge is 0.254 e. The summed E-state index contributed by atoms with van der Waals surface area (Å²) in [7, 11) is 0. The summed E-state index contributed by atoms with van der Waals surface area (Å²) in [6.07, 6.45) is 2.80. The van der Waals surface area contributed by atoms with Gasteiger partial charge in [-0.1, -0.05) is 30.8 Å². The van der Waals surface area contributed by atoms with Gasteiger partial charge in [0.1, 0.15) is 18.2 Å². The van der Waals surface area contributed by atoms with Crippen LogP contribution in [0.15, 0.2) is 72.2 Å². The van der Waals surface area contributed by atoms with Crippen molar-refractivity contribution in [2.75, 3.05) is 6.54 Å². The number of rotatable bonds is 7. The van der Waals surface area contributed by atoms with E-state index in [4.69, 9.17) is 4.74 Å². The van der Waals surface area contributed by atoms with Crippen molar-refractivity contribution in [1.29, 1.82) is 0 Å². The third-order valence-corrected chi connectivity index (χ3v) is 6.03. The van der Waals surface area contributed by atoms with Crippen LogP contribution in [0.2, 0.25) is 0 Å². The molecule has 1 aliphatic heterocycles. The molecule has 0 atom stereocenters. The van der Waals surface area contributed by atoms with Crippen LogP contribution in [0.5, 0.6) is 5.75 Å². The van der Waals surface area contributed by atoms with Crippen LogP contribution in [0, 0.1) is 5.82 Å². The van der Waals surface area contributed by atoms with Crippen LogP contribution >= 0.6 is 0 Å². The summed E-state index contributed by atoms with van der Waals surface area (Å²) < 4.78 is 20.3. The fourth-order valence-corrected chi connectivity index (χ4v) is 3.99. The van der Waals surface area contributed by atoms with Crippen molar-refractivity contribution in [3.63, 3.8) is 0 Å². The van der Waals surface area contributed by atoms with Gasteiger partial charge in [0.05, 0.1) is 6.54 Å². The zero-order valence-electron chi connectivity index (χ0n) is 18.7. The molecule has 0 amide bonds. The van der Waals surface area contributed by atoms with Crippen LogP contribution in [0.25, 0.3) is 5.57 Å². The molecule has 0 N–H and O–H groups in total. The minimum atomic E-state index is -0.284. The molecule has 5 heteroatoms. The zero-order chi connectivity index (χ0) is 22.7. The van der Waals surface area contributed by atoms with E-state index in [0.717, 1.165) is 36.2 Å². The Bertz CT molecular complexity index is 1170. The lowest BCUT2D eigenvalue weighted by molar-refractivity contribution is 0.203. The predicted octanol–water partition coefficient (Wildman–Crippen LogP) is 5.05. The maximum absolute atomic E-state index is 13.0. The van der Waals surface area contributed by atoms with E-state index in [9.17, 15) is 9.18 Å². The Hall–Kier alpha value is -3.18. The molecule has 0 unspecified atom stereocenters. The van der Waals surface area contributed by atoms with E-state index in [-0.39, 0.29) is 18.0 Å². The lowest BCUT2D eigenvalue weighted by Crippen LogP contribution is -2.35. The Morgan fingerprint density at radius 3 is 2.59 bits per heavy atom. The molecule has 2 heterocycles. The van der Waals surface area contributed by atoms with Gasteiger partial charge in [-0.15, -0.1) is 0 Å². The van der Waals surface area contributed by atoms with Gasteiger partial charge >= 0.3 is 0 Å². The largest absolute Gasteiger partial charge is 0.489 e. The van der Waals surface area contributed by atoms with Crippen LogP contribution in [0.4, 0.5) is 4.39 Å². The summed E-state index contributed by atoms with van der Waals surface area (Å²) in [5.41, 5.74) is 5.41. The van der Waals surface area contributed by atoms with E-state index in [1.807, 2.05) is 0 Å². The summed E-state index contributed by atoms with van der Waals surface area (Å²) >= 11 is 0. The molecular formula is C27H29FN2O2. The van der Waals surface area contributed by atoms with E-state index >= 15 is 0 Å². The molecule has 0 bridgehead atoms. The van der Waals surface area contributed by atoms with E-state index in [0.29, 0.717) is 18.3 Å². The molecule has 3 aromatic rings. The first-order chi connectivity index (χ1) is 15.4. The molecule has 0 spiro atoms. The first-order valence-electron chi connectivity index (χ1n) is 11.0. The molecule has 2 aromatic carbocycles. The standard InChI is InChI=1S/C27H29FN2O2/c1-19(2)29-12-10-22-6-7-23(14-24(22)17-29)20(3)16-30-13-11-26(15-27(30)31)32-18-21-4-8-25(28)9-5-21/h4-9,11,13-15,19H,3,10,12,16-18H2,1-2H3. The van der Waals surface area contributed by atoms with Crippen molar-refractivity contribution < 1.29 is 9.13 Å². The summed E-state index contributed by atoms with van der Waals surface area (Å²) in [6.45, 7) is 11.4. The highest BCUT2D eigenvalue weighted by Gasteiger charge is 2.19. The number of pyridine rings is 1. The highest BCUT2D eigenvalue weighted by Crippen LogP contribution is 2.25. The third kappa shape index (κ3) is 5.17. The Morgan fingerprint density at radius 1 is 1.09 bits per heavy atom. The monoisotopic (exact) mass is 432 g/mol. The Labute approximate surface area is 188 Å². The Kier molecular flexibility index (Phi) is 6.56. The first-order valence-corrected chi connectivity index (χ1v) is 11.0. The molecular weight excluding hydrogens is 403 g/mol. The third-order valence-electron chi connectivity index (χ3n) is 6.03. The number of aromatic nitrogens is 1. The summed E-state index contributed by atoms with van der Waals surface area (Å²) in [4.78, 5) is 15.1. The molecule has 0 fully saturated rings. The topological polar surface area (TPSA) is 34.5 Å². The lowest BCUT2D eigenvalue weighted by atomic mass is 9.94. The molecule has 0 saturated carbocycles. The second-order valence-electron chi connectivity index (χ2n) is 8.64. The first kappa shape index (κ1) is 22.0. The van der Waals surface area contributed by atoms with Gasteiger partial charge in [-0.25, -0.2) is 4.39 Å². The second-order valence-corrected chi connectivity index (χ2v) is 8.64. The van der Waals surface area contributed by atoms with Crippen LogP contribution in [0.1, 0.15) is 36.1 Å². The van der Waals surface area contributed by atoms with E-state index in [1.54, 1.807) is 29.0 Å². The maximum atomic E-state index is 13.0. The van der Waals surface area contributed by atoms with Gasteiger partial charge in [0.2, 0.25) is 0 Å². The Balaban J connectivity index is 1.42. The second kappa shape index (κ2) is 9.53. The lowest BCUT2D eigenvalue weighted by Gasteiger charge is -2.32. The highest BCUT2D eigenvalue weighted by molar-refractivity contribution is 5.64. The molecule has 1 aliphatic rings. The van der Waals surface area contributed by atoms with Gasteiger partial charge in [0, 0.05) is 31.4 Å². The molecule has 1 aromatic heterocycles. The molecule has 4 nitrogen and oxygen atoms in total. The molecule has 4 rings (SSSR count). The van der Waals surface area contributed by atoms with Gasteiger partial charge in [-0.2, -0.15) is 0 Å². The number of allylic oxidation sites excluding steroid dienone is 1. The van der Waals surface area contributed by atoms with Crippen LogP contribution in [0.3, 0.4) is 0 Å². The average Bonchev–Trinajstić information content (AvgIpc) is 2.79. The quantitative estimate of drug-likeness (QED) is 0.524. The van der Waals surface area contributed by atoms with Crippen molar-refractivity contribution in [2.24, 2.45) is 0 Å². The van der Waals surface area contributed by atoms with Crippen molar-refractivity contribution in [2.45, 2.75) is 46.0 Å². The molecule has 166 valence electrons. The van der Waals surface area contributed by atoms with Gasteiger partial charge in [-0.3, -0.25) is 9.69 Å². The van der Waals surface area contributed by atoms with Crippen molar-refractivity contribution in [3.8, 4) is 5.75 Å². The van der Waals surface area contributed by atoms with Gasteiger partial charge in [-0.05, 0) is 72.4 Å². The summed E-state index contributed by atoms with van der Waals surface area (Å²) in [5.74, 6) is 0.205. The van der Waals surface area contributed by atoms with Gasteiger partial charge in [0.15, 0.2) is 0 Å². The van der Waals surface area contributed by atoms with Gasteiger partial charge < -0.3 is 9.30 Å². The number of nitrogens with zero attached hydrogens (tertiary/aromatic N) is 2. The SMILES string of the molecule is C=C(Cn1ccc(OCc2ccc(F)cc2)cc1=O)c1ccc2c(c1)CN(C(C)C)CC2. The fraction of sp³-hybridized carbons (Fsp3) is 0.296. The number of hydrogen-bond acceptors (Lipinski definition) is 3. The number of halogens is 1. The Morgan fingerprint density at radius 2 is 1.88 bits per heavy atom.